The predicted molar refractivity (Wildman–Crippen MR) is 160 cm³/mol. The van der Waals surface area contributed by atoms with Crippen LogP contribution in [0.2, 0.25) is 0 Å². The number of anilines is 1. The van der Waals surface area contributed by atoms with Gasteiger partial charge in [0, 0.05) is 52.0 Å². The van der Waals surface area contributed by atoms with Crippen molar-refractivity contribution in [2.24, 2.45) is 4.99 Å². The van der Waals surface area contributed by atoms with Crippen LogP contribution in [0.15, 0.2) is 82.7 Å². The van der Waals surface area contributed by atoms with Crippen molar-refractivity contribution in [2.45, 2.75) is 37.1 Å². The molecule has 0 bridgehead atoms. The van der Waals surface area contributed by atoms with Crippen molar-refractivity contribution in [3.05, 3.63) is 89.5 Å². The van der Waals surface area contributed by atoms with Gasteiger partial charge in [-0.05, 0) is 53.4 Å². The van der Waals surface area contributed by atoms with Crippen LogP contribution < -0.4 is 10.6 Å². The van der Waals surface area contributed by atoms with Crippen LogP contribution in [0.25, 0.3) is 0 Å². The lowest BCUT2D eigenvalue weighted by Gasteiger charge is -2.27. The van der Waals surface area contributed by atoms with Crippen molar-refractivity contribution in [2.75, 3.05) is 45.1 Å². The minimum Gasteiger partial charge on any atom is -0.325 e. The molecular formula is C31H37N5O3S. The van der Waals surface area contributed by atoms with Crippen LogP contribution in [0.3, 0.4) is 0 Å². The predicted octanol–water partition coefficient (Wildman–Crippen LogP) is 4.37. The number of carbonyl (C=O) groups excluding carboxylic acids is 1. The van der Waals surface area contributed by atoms with Gasteiger partial charge < -0.3 is 10.6 Å². The molecular weight excluding hydrogens is 522 g/mol. The van der Waals surface area contributed by atoms with Crippen molar-refractivity contribution in [1.29, 1.82) is 0 Å². The zero-order chi connectivity index (χ0) is 28.1. The van der Waals surface area contributed by atoms with Crippen LogP contribution in [0.1, 0.15) is 42.4 Å². The van der Waals surface area contributed by atoms with Crippen LogP contribution in [-0.4, -0.2) is 69.0 Å². The van der Waals surface area contributed by atoms with Gasteiger partial charge in [0.05, 0.1) is 16.3 Å². The van der Waals surface area contributed by atoms with Crippen molar-refractivity contribution < 1.29 is 13.2 Å². The number of piperazine rings is 1. The average molecular weight is 560 g/mol. The second kappa shape index (κ2) is 12.4. The van der Waals surface area contributed by atoms with E-state index in [1.54, 1.807) is 25.2 Å². The quantitative estimate of drug-likeness (QED) is 0.360. The number of fused-ring (bicyclic) bond motifs is 1. The SMILES string of the molecule is CCCCN(C)S(=O)(=O)c1ccc2c(c1)C(C(=Nc1ccc(CN3CCNCC3)cc1)c1ccccc1)C(=O)N2. The standard InChI is InChI=1S/C31H37N5O3S/c1-3-4-18-35(2)40(38,39)26-14-15-28-27(21-26)29(31(37)34-28)30(24-8-6-5-7-9-24)33-25-12-10-23(11-13-25)22-36-19-16-32-17-20-36/h5-15,21,29,32H,3-4,16-20,22H2,1-2H3,(H,34,37). The molecule has 40 heavy (non-hydrogen) atoms. The first-order valence-electron chi connectivity index (χ1n) is 13.9. The second-order valence-corrected chi connectivity index (χ2v) is 12.5. The topological polar surface area (TPSA) is 94.1 Å². The summed E-state index contributed by atoms with van der Waals surface area (Å²) >= 11 is 0. The van der Waals surface area contributed by atoms with Gasteiger partial charge in [-0.3, -0.25) is 14.7 Å². The molecule has 3 aromatic rings. The number of nitrogens with zero attached hydrogens (tertiary/aromatic N) is 3. The molecule has 2 heterocycles. The highest BCUT2D eigenvalue weighted by molar-refractivity contribution is 7.89. The molecule has 0 aliphatic carbocycles. The summed E-state index contributed by atoms with van der Waals surface area (Å²) in [4.78, 5) is 21.0. The third-order valence-electron chi connectivity index (χ3n) is 7.53. The Bertz CT molecular complexity index is 1470. The number of amides is 1. The van der Waals surface area contributed by atoms with Crippen LogP contribution in [0.4, 0.5) is 11.4 Å². The minimum absolute atomic E-state index is 0.177. The van der Waals surface area contributed by atoms with E-state index < -0.39 is 15.9 Å². The van der Waals surface area contributed by atoms with E-state index in [1.807, 2.05) is 49.4 Å². The molecule has 1 fully saturated rings. The summed E-state index contributed by atoms with van der Waals surface area (Å²) in [6.45, 7) is 7.43. The number of hydrogen-bond donors (Lipinski definition) is 2. The molecule has 5 rings (SSSR count). The van der Waals surface area contributed by atoms with E-state index in [0.29, 0.717) is 23.5 Å². The molecule has 0 saturated carbocycles. The number of hydrogen-bond acceptors (Lipinski definition) is 6. The maximum atomic E-state index is 13.4. The van der Waals surface area contributed by atoms with E-state index in [-0.39, 0.29) is 10.8 Å². The van der Waals surface area contributed by atoms with Gasteiger partial charge in [-0.2, -0.15) is 0 Å². The van der Waals surface area contributed by atoms with Crippen LogP contribution in [0.5, 0.6) is 0 Å². The lowest BCUT2D eigenvalue weighted by molar-refractivity contribution is -0.115. The minimum atomic E-state index is -3.69. The highest BCUT2D eigenvalue weighted by Gasteiger charge is 2.37. The van der Waals surface area contributed by atoms with E-state index >= 15 is 0 Å². The fourth-order valence-electron chi connectivity index (χ4n) is 5.20. The van der Waals surface area contributed by atoms with Crippen LogP contribution in [0, 0.1) is 0 Å². The molecule has 0 aromatic heterocycles. The number of rotatable bonds is 10. The first-order chi connectivity index (χ1) is 19.4. The van der Waals surface area contributed by atoms with Crippen molar-refractivity contribution in [3.8, 4) is 0 Å². The van der Waals surface area contributed by atoms with E-state index in [1.165, 1.54) is 9.87 Å². The Morgan fingerprint density at radius 2 is 1.75 bits per heavy atom. The van der Waals surface area contributed by atoms with Gasteiger partial charge in [0.2, 0.25) is 15.9 Å². The number of aliphatic imine (C=N–C) groups is 1. The molecule has 9 heteroatoms. The Morgan fingerprint density at radius 3 is 2.45 bits per heavy atom. The summed E-state index contributed by atoms with van der Waals surface area (Å²) < 4.78 is 28.0. The third kappa shape index (κ3) is 6.18. The first kappa shape index (κ1) is 28.2. The molecule has 2 aliphatic heterocycles. The largest absolute Gasteiger partial charge is 0.325 e. The smallest absolute Gasteiger partial charge is 0.242 e. The van der Waals surface area contributed by atoms with Gasteiger partial charge in [0.1, 0.15) is 5.92 Å². The van der Waals surface area contributed by atoms with Gasteiger partial charge in [0.25, 0.3) is 0 Å². The average Bonchev–Trinajstić information content (AvgIpc) is 3.31. The van der Waals surface area contributed by atoms with E-state index in [9.17, 15) is 13.2 Å². The maximum Gasteiger partial charge on any atom is 0.242 e. The van der Waals surface area contributed by atoms with Crippen molar-refractivity contribution in [1.82, 2.24) is 14.5 Å². The molecule has 2 N–H and O–H groups in total. The molecule has 210 valence electrons. The Balaban J connectivity index is 1.49. The third-order valence-corrected chi connectivity index (χ3v) is 9.39. The molecule has 2 aliphatic rings. The normalized spacial score (nSPS) is 18.1. The van der Waals surface area contributed by atoms with Gasteiger partial charge >= 0.3 is 0 Å². The zero-order valence-corrected chi connectivity index (χ0v) is 24.0. The number of nitrogens with one attached hydrogen (secondary N) is 2. The van der Waals surface area contributed by atoms with E-state index in [0.717, 1.165) is 56.8 Å². The summed E-state index contributed by atoms with van der Waals surface area (Å²) in [5.41, 5.74) is 4.59. The first-order valence-corrected chi connectivity index (χ1v) is 15.4. The Morgan fingerprint density at radius 1 is 1.02 bits per heavy atom. The molecule has 8 nitrogen and oxygen atoms in total. The number of unbranched alkanes of at least 4 members (excludes halogenated alkanes) is 1. The molecule has 3 aromatic carbocycles. The second-order valence-electron chi connectivity index (χ2n) is 10.4. The molecule has 0 radical (unpaired) electrons. The summed E-state index contributed by atoms with van der Waals surface area (Å²) in [7, 11) is -2.09. The van der Waals surface area contributed by atoms with Crippen LogP contribution in [-0.2, 0) is 21.4 Å². The number of sulfonamides is 1. The molecule has 1 unspecified atom stereocenters. The monoisotopic (exact) mass is 559 g/mol. The molecule has 1 amide bonds. The fourth-order valence-corrected chi connectivity index (χ4v) is 6.44. The lowest BCUT2D eigenvalue weighted by atomic mass is 9.90. The van der Waals surface area contributed by atoms with Crippen molar-refractivity contribution in [3.63, 3.8) is 0 Å². The zero-order valence-electron chi connectivity index (χ0n) is 23.1. The number of benzene rings is 3. The van der Waals surface area contributed by atoms with Crippen LogP contribution >= 0.6 is 0 Å². The summed E-state index contributed by atoms with van der Waals surface area (Å²) in [5, 5.41) is 6.32. The van der Waals surface area contributed by atoms with E-state index in [4.69, 9.17) is 4.99 Å². The molecule has 1 saturated heterocycles. The van der Waals surface area contributed by atoms with Gasteiger partial charge in [-0.1, -0.05) is 55.8 Å². The van der Waals surface area contributed by atoms with Gasteiger partial charge in [-0.25, -0.2) is 12.7 Å². The highest BCUT2D eigenvalue weighted by Crippen LogP contribution is 2.38. The Kier molecular flexibility index (Phi) is 8.75. The summed E-state index contributed by atoms with van der Waals surface area (Å²) in [6.07, 6.45) is 1.68. The lowest BCUT2D eigenvalue weighted by Crippen LogP contribution is -2.42. The number of carbonyl (C=O) groups is 1. The van der Waals surface area contributed by atoms with E-state index in [2.05, 4.69) is 27.7 Å². The molecule has 0 spiro atoms. The maximum absolute atomic E-state index is 13.4. The fraction of sp³-hybridized carbons (Fsp3) is 0.355. The Labute approximate surface area is 237 Å². The summed E-state index contributed by atoms with van der Waals surface area (Å²) in [5.74, 6) is -0.962. The Hall–Kier alpha value is -3.37. The van der Waals surface area contributed by atoms with Crippen molar-refractivity contribution >= 4 is 33.0 Å². The summed E-state index contributed by atoms with van der Waals surface area (Å²) in [6, 6.07) is 22.6. The van der Waals surface area contributed by atoms with Gasteiger partial charge in [-0.15, -0.1) is 0 Å². The van der Waals surface area contributed by atoms with Gasteiger partial charge in [0.15, 0.2) is 0 Å². The molecule has 1 atom stereocenters. The highest BCUT2D eigenvalue weighted by atomic mass is 32.2.